The SMILES string of the molecule is CCNC(=NCc1coc(-c2cccs2)n1)NC(C)c1cccc(N2CCCC2)c1.I. The molecule has 1 aromatic carbocycles. The normalized spacial score (nSPS) is 14.9. The minimum absolute atomic E-state index is 0. The van der Waals surface area contributed by atoms with Gasteiger partial charge in [0.15, 0.2) is 5.96 Å². The third-order valence-corrected chi connectivity index (χ3v) is 6.08. The van der Waals surface area contributed by atoms with Crippen LogP contribution in [0.1, 0.15) is 44.0 Å². The predicted octanol–water partition coefficient (Wildman–Crippen LogP) is 5.44. The molecule has 3 aromatic rings. The first-order chi connectivity index (χ1) is 14.7. The Hall–Kier alpha value is -2.07. The number of halogens is 1. The van der Waals surface area contributed by atoms with Gasteiger partial charge >= 0.3 is 0 Å². The molecular weight excluding hydrogens is 521 g/mol. The van der Waals surface area contributed by atoms with E-state index in [2.05, 4.69) is 58.6 Å². The summed E-state index contributed by atoms with van der Waals surface area (Å²) in [6.07, 6.45) is 4.25. The Morgan fingerprint density at radius 3 is 2.84 bits per heavy atom. The summed E-state index contributed by atoms with van der Waals surface area (Å²) in [5.74, 6) is 1.43. The molecule has 0 radical (unpaired) electrons. The van der Waals surface area contributed by atoms with Gasteiger partial charge in [0.2, 0.25) is 5.89 Å². The maximum Gasteiger partial charge on any atom is 0.236 e. The second kappa shape index (κ2) is 11.5. The van der Waals surface area contributed by atoms with Gasteiger partial charge in [0, 0.05) is 25.3 Å². The first-order valence-electron chi connectivity index (χ1n) is 10.6. The van der Waals surface area contributed by atoms with Crippen LogP contribution in [0.2, 0.25) is 0 Å². The number of aromatic nitrogens is 1. The smallest absolute Gasteiger partial charge is 0.236 e. The van der Waals surface area contributed by atoms with Crippen molar-refractivity contribution in [3.8, 4) is 10.8 Å². The molecule has 1 unspecified atom stereocenters. The molecular formula is C23H30IN5OS. The maximum absolute atomic E-state index is 5.60. The molecule has 1 fully saturated rings. The highest BCUT2D eigenvalue weighted by Crippen LogP contribution is 2.25. The van der Waals surface area contributed by atoms with E-state index in [1.54, 1.807) is 17.6 Å². The van der Waals surface area contributed by atoms with Crippen molar-refractivity contribution < 1.29 is 4.42 Å². The minimum atomic E-state index is 0. The Morgan fingerprint density at radius 1 is 1.26 bits per heavy atom. The predicted molar refractivity (Wildman–Crippen MR) is 139 cm³/mol. The van der Waals surface area contributed by atoms with Crippen LogP contribution in [0.3, 0.4) is 0 Å². The van der Waals surface area contributed by atoms with Crippen molar-refractivity contribution in [2.75, 3.05) is 24.5 Å². The number of aliphatic imine (C=N–C) groups is 1. The van der Waals surface area contributed by atoms with Gasteiger partial charge in [-0.15, -0.1) is 35.3 Å². The fourth-order valence-corrected chi connectivity index (χ4v) is 4.28. The third kappa shape index (κ3) is 6.22. The van der Waals surface area contributed by atoms with E-state index in [1.165, 1.54) is 24.1 Å². The Balaban J connectivity index is 0.00000272. The summed E-state index contributed by atoms with van der Waals surface area (Å²) in [5, 5.41) is 8.87. The number of rotatable bonds is 7. The summed E-state index contributed by atoms with van der Waals surface area (Å²) in [6, 6.07) is 13.0. The average molecular weight is 551 g/mol. The van der Waals surface area contributed by atoms with Crippen molar-refractivity contribution in [1.82, 2.24) is 15.6 Å². The van der Waals surface area contributed by atoms with Crippen LogP contribution in [0, 0.1) is 0 Å². The molecule has 166 valence electrons. The largest absolute Gasteiger partial charge is 0.443 e. The lowest BCUT2D eigenvalue weighted by Crippen LogP contribution is -2.38. The van der Waals surface area contributed by atoms with Crippen LogP contribution in [-0.2, 0) is 6.54 Å². The molecule has 0 aliphatic carbocycles. The molecule has 0 spiro atoms. The van der Waals surface area contributed by atoms with Gasteiger partial charge < -0.3 is 20.0 Å². The molecule has 2 aromatic heterocycles. The van der Waals surface area contributed by atoms with E-state index in [0.717, 1.165) is 36.2 Å². The summed E-state index contributed by atoms with van der Waals surface area (Å²) in [6.45, 7) is 7.80. The number of benzene rings is 1. The van der Waals surface area contributed by atoms with E-state index in [1.807, 2.05) is 17.5 Å². The van der Waals surface area contributed by atoms with Crippen LogP contribution in [0.25, 0.3) is 10.8 Å². The highest BCUT2D eigenvalue weighted by molar-refractivity contribution is 14.0. The van der Waals surface area contributed by atoms with Gasteiger partial charge in [0.25, 0.3) is 0 Å². The standard InChI is InChI=1S/C23H29N5OS.HI/c1-3-24-23(25-15-19-16-29-22(27-19)21-10-7-13-30-21)26-17(2)18-8-6-9-20(14-18)28-11-4-5-12-28;/h6-10,13-14,16-17H,3-5,11-12,15H2,1-2H3,(H2,24,25,26);1H. The zero-order valence-corrected chi connectivity index (χ0v) is 21.2. The zero-order valence-electron chi connectivity index (χ0n) is 18.0. The van der Waals surface area contributed by atoms with Crippen molar-refractivity contribution in [3.63, 3.8) is 0 Å². The second-order valence-corrected chi connectivity index (χ2v) is 8.42. The Bertz CT molecular complexity index is 966. The Kier molecular flexibility index (Phi) is 8.77. The van der Waals surface area contributed by atoms with Crippen LogP contribution in [0.5, 0.6) is 0 Å². The lowest BCUT2D eigenvalue weighted by molar-refractivity contribution is 0.574. The lowest BCUT2D eigenvalue weighted by Gasteiger charge is -2.22. The van der Waals surface area contributed by atoms with E-state index in [9.17, 15) is 0 Å². The monoisotopic (exact) mass is 551 g/mol. The van der Waals surface area contributed by atoms with Crippen LogP contribution in [0.4, 0.5) is 5.69 Å². The fraction of sp³-hybridized carbons (Fsp3) is 0.391. The number of nitrogens with zero attached hydrogens (tertiary/aromatic N) is 3. The van der Waals surface area contributed by atoms with Crippen molar-refractivity contribution in [1.29, 1.82) is 0 Å². The van der Waals surface area contributed by atoms with Crippen molar-refractivity contribution >= 4 is 47.0 Å². The summed E-state index contributed by atoms with van der Waals surface area (Å²) in [4.78, 5) is 12.8. The van der Waals surface area contributed by atoms with Crippen LogP contribution >= 0.6 is 35.3 Å². The van der Waals surface area contributed by atoms with E-state index >= 15 is 0 Å². The molecule has 2 N–H and O–H groups in total. The number of anilines is 1. The van der Waals surface area contributed by atoms with E-state index < -0.39 is 0 Å². The number of nitrogens with one attached hydrogen (secondary N) is 2. The first-order valence-corrected chi connectivity index (χ1v) is 11.5. The van der Waals surface area contributed by atoms with Gasteiger partial charge in [-0.1, -0.05) is 18.2 Å². The van der Waals surface area contributed by atoms with Crippen LogP contribution in [-0.4, -0.2) is 30.6 Å². The molecule has 0 amide bonds. The van der Waals surface area contributed by atoms with Gasteiger partial charge in [-0.2, -0.15) is 0 Å². The summed E-state index contributed by atoms with van der Waals surface area (Å²) in [7, 11) is 0. The van der Waals surface area contributed by atoms with Gasteiger partial charge in [-0.05, 0) is 55.8 Å². The molecule has 8 heteroatoms. The highest BCUT2D eigenvalue weighted by Gasteiger charge is 2.15. The molecule has 0 bridgehead atoms. The summed E-state index contributed by atoms with van der Waals surface area (Å²) in [5.41, 5.74) is 3.38. The lowest BCUT2D eigenvalue weighted by atomic mass is 10.1. The third-order valence-electron chi connectivity index (χ3n) is 5.22. The molecule has 4 rings (SSSR count). The minimum Gasteiger partial charge on any atom is -0.443 e. The zero-order chi connectivity index (χ0) is 20.8. The average Bonchev–Trinajstić information content (AvgIpc) is 3.54. The van der Waals surface area contributed by atoms with E-state index in [-0.39, 0.29) is 30.0 Å². The first kappa shape index (κ1) is 23.6. The van der Waals surface area contributed by atoms with Crippen molar-refractivity contribution in [2.45, 2.75) is 39.3 Å². The van der Waals surface area contributed by atoms with Crippen LogP contribution in [0.15, 0.2) is 57.5 Å². The molecule has 3 heterocycles. The number of thiophene rings is 1. The number of hydrogen-bond acceptors (Lipinski definition) is 5. The van der Waals surface area contributed by atoms with Gasteiger partial charge in [0.05, 0.1) is 17.5 Å². The Labute approximate surface area is 205 Å². The molecule has 1 saturated heterocycles. The summed E-state index contributed by atoms with van der Waals surface area (Å²) < 4.78 is 5.60. The summed E-state index contributed by atoms with van der Waals surface area (Å²) >= 11 is 1.62. The molecule has 31 heavy (non-hydrogen) atoms. The number of hydrogen-bond donors (Lipinski definition) is 2. The Morgan fingerprint density at radius 2 is 2.10 bits per heavy atom. The van der Waals surface area contributed by atoms with Gasteiger partial charge in [-0.25, -0.2) is 9.98 Å². The van der Waals surface area contributed by atoms with E-state index in [0.29, 0.717) is 12.4 Å². The van der Waals surface area contributed by atoms with Crippen molar-refractivity contribution in [3.05, 3.63) is 59.3 Å². The maximum atomic E-state index is 5.60. The van der Waals surface area contributed by atoms with Crippen LogP contribution < -0.4 is 15.5 Å². The highest BCUT2D eigenvalue weighted by atomic mass is 127. The molecule has 1 aliphatic heterocycles. The molecule has 6 nitrogen and oxygen atoms in total. The molecule has 0 saturated carbocycles. The number of guanidine groups is 1. The van der Waals surface area contributed by atoms with Gasteiger partial charge in [0.1, 0.15) is 12.0 Å². The topological polar surface area (TPSA) is 65.7 Å². The second-order valence-electron chi connectivity index (χ2n) is 7.47. The molecule has 1 aliphatic rings. The quantitative estimate of drug-likeness (QED) is 0.233. The molecule has 1 atom stereocenters. The van der Waals surface area contributed by atoms with E-state index in [4.69, 9.17) is 9.41 Å². The van der Waals surface area contributed by atoms with Gasteiger partial charge in [-0.3, -0.25) is 0 Å². The fourth-order valence-electron chi connectivity index (χ4n) is 3.63. The number of oxazole rings is 1. The van der Waals surface area contributed by atoms with Crippen molar-refractivity contribution in [2.24, 2.45) is 4.99 Å².